The molecule has 1 atom stereocenters. The van der Waals surface area contributed by atoms with E-state index in [1.807, 2.05) is 0 Å². The average molecular weight is 323 g/mol. The van der Waals surface area contributed by atoms with E-state index in [4.69, 9.17) is 0 Å². The Balaban J connectivity index is 2.75. The Morgan fingerprint density at radius 1 is 1.68 bits per heavy atom. The zero-order chi connectivity index (χ0) is 14.2. The van der Waals surface area contributed by atoms with Gasteiger partial charge in [0.1, 0.15) is 0 Å². The first kappa shape index (κ1) is 13.8. The molecule has 1 aliphatic rings. The lowest BCUT2D eigenvalue weighted by atomic mass is 10.0. The minimum Gasteiger partial charge on any atom is -0.291 e. The molecule has 1 unspecified atom stereocenters. The van der Waals surface area contributed by atoms with E-state index in [0.717, 1.165) is 0 Å². The normalized spacial score (nSPS) is 18.9. The van der Waals surface area contributed by atoms with Crippen LogP contribution in [0.5, 0.6) is 0 Å². The summed E-state index contributed by atoms with van der Waals surface area (Å²) in [6.07, 6.45) is 1.70. The number of Topliss-reactive ketones (excluding diaryl/α,β-unsaturated/α-hetero) is 1. The minimum absolute atomic E-state index is 0.0786. The molecular weight excluding hydrogens is 311 g/mol. The molecule has 0 radical (unpaired) electrons. The molecule has 1 aliphatic carbocycles. The van der Waals surface area contributed by atoms with E-state index in [1.165, 1.54) is 0 Å². The number of allylic oxidation sites excluding steroid dienone is 3. The van der Waals surface area contributed by atoms with Gasteiger partial charge in [0.2, 0.25) is 0 Å². The van der Waals surface area contributed by atoms with Crippen LogP contribution in [0.4, 0.5) is 4.39 Å². The van der Waals surface area contributed by atoms with Crippen molar-refractivity contribution < 1.29 is 9.18 Å². The van der Waals surface area contributed by atoms with E-state index in [2.05, 4.69) is 39.2 Å². The number of hydrogen-bond donors (Lipinski definition) is 0. The lowest BCUT2D eigenvalue weighted by Crippen LogP contribution is -2.10. The minimum atomic E-state index is -1.50. The van der Waals surface area contributed by atoms with Crippen molar-refractivity contribution in [3.8, 4) is 0 Å². The fourth-order valence-electron chi connectivity index (χ4n) is 2.12. The predicted molar refractivity (Wildman–Crippen MR) is 77.2 cm³/mol. The van der Waals surface area contributed by atoms with Crippen molar-refractivity contribution >= 4 is 34.0 Å². The predicted octanol–water partition coefficient (Wildman–Crippen LogP) is 3.54. The van der Waals surface area contributed by atoms with Crippen LogP contribution in [0.3, 0.4) is 0 Å². The number of nitrogens with zero attached hydrogens (tertiary/aromatic N) is 2. The van der Waals surface area contributed by atoms with Gasteiger partial charge in [0.25, 0.3) is 0 Å². The van der Waals surface area contributed by atoms with Crippen molar-refractivity contribution in [2.75, 3.05) is 0 Å². The van der Waals surface area contributed by atoms with Crippen molar-refractivity contribution in [2.45, 2.75) is 19.5 Å². The van der Waals surface area contributed by atoms with E-state index >= 15 is 0 Å². The zero-order valence-corrected chi connectivity index (χ0v) is 12.0. The second kappa shape index (κ2) is 5.17. The fraction of sp³-hybridized carbons (Fsp3) is 0.214. The molecule has 3 nitrogen and oxygen atoms in total. The third-order valence-corrected chi connectivity index (χ3v) is 3.82. The van der Waals surface area contributed by atoms with Gasteiger partial charge in [-0.15, -0.1) is 0 Å². The Kier molecular flexibility index (Phi) is 3.75. The lowest BCUT2D eigenvalue weighted by Gasteiger charge is -2.10. The van der Waals surface area contributed by atoms with Crippen molar-refractivity contribution in [3.05, 3.63) is 45.8 Å². The van der Waals surface area contributed by atoms with Crippen molar-refractivity contribution in [2.24, 2.45) is 4.99 Å². The summed E-state index contributed by atoms with van der Waals surface area (Å²) in [5.41, 5.74) is 2.59. The maximum absolute atomic E-state index is 13.6. The summed E-state index contributed by atoms with van der Waals surface area (Å²) in [5.74, 6) is -0.532. The van der Waals surface area contributed by atoms with Crippen LogP contribution in [0.1, 0.15) is 28.5 Å². The van der Waals surface area contributed by atoms with Gasteiger partial charge in [-0.2, -0.15) is 0 Å². The number of aromatic nitrogens is 1. The Morgan fingerprint density at radius 2 is 2.37 bits per heavy atom. The van der Waals surface area contributed by atoms with Gasteiger partial charge in [0.05, 0.1) is 11.3 Å². The summed E-state index contributed by atoms with van der Waals surface area (Å²) in [5, 5.41) is 0. The van der Waals surface area contributed by atoms with Gasteiger partial charge >= 0.3 is 0 Å². The number of rotatable bonds is 3. The number of aliphatic imine (C=N–C) groups is 1. The maximum Gasteiger partial charge on any atom is 0.199 e. The first-order valence-corrected chi connectivity index (χ1v) is 6.46. The SMILES string of the molecule is C=C/C(=C(/C)N=C)c1ncc(Br)c2c1C(=O)C(F)C2. The smallest absolute Gasteiger partial charge is 0.199 e. The topological polar surface area (TPSA) is 42.3 Å². The van der Waals surface area contributed by atoms with Gasteiger partial charge in [-0.3, -0.25) is 14.8 Å². The molecule has 5 heteroatoms. The van der Waals surface area contributed by atoms with Crippen LogP contribution >= 0.6 is 15.9 Å². The summed E-state index contributed by atoms with van der Waals surface area (Å²) in [6.45, 7) is 8.89. The Morgan fingerprint density at radius 3 is 2.95 bits per heavy atom. The van der Waals surface area contributed by atoms with Gasteiger partial charge < -0.3 is 0 Å². The number of alkyl halides is 1. The highest BCUT2D eigenvalue weighted by Crippen LogP contribution is 2.35. The number of halogens is 2. The van der Waals surface area contributed by atoms with Crippen LogP contribution in [0.15, 0.2) is 34.0 Å². The van der Waals surface area contributed by atoms with Crippen molar-refractivity contribution in [3.63, 3.8) is 0 Å². The molecule has 0 saturated heterocycles. The van der Waals surface area contributed by atoms with E-state index in [-0.39, 0.29) is 6.42 Å². The molecule has 0 amide bonds. The molecular formula is C14H12BrFN2O. The fourth-order valence-corrected chi connectivity index (χ4v) is 2.59. The van der Waals surface area contributed by atoms with E-state index in [9.17, 15) is 9.18 Å². The highest BCUT2D eigenvalue weighted by Gasteiger charge is 2.35. The molecule has 0 N–H and O–H groups in total. The molecule has 0 spiro atoms. The Hall–Kier alpha value is -1.62. The molecule has 1 heterocycles. The van der Waals surface area contributed by atoms with Crippen LogP contribution in [0.2, 0.25) is 0 Å². The highest BCUT2D eigenvalue weighted by molar-refractivity contribution is 9.10. The quantitative estimate of drug-likeness (QED) is 0.631. The van der Waals surface area contributed by atoms with Crippen LogP contribution in [-0.4, -0.2) is 23.7 Å². The third kappa shape index (κ3) is 2.18. The van der Waals surface area contributed by atoms with Gasteiger partial charge in [0.15, 0.2) is 12.0 Å². The first-order chi connectivity index (χ1) is 9.01. The Labute approximate surface area is 119 Å². The number of carbonyl (C=O) groups excluding carboxylic acids is 1. The molecule has 0 fully saturated rings. The number of pyridine rings is 1. The Bertz CT molecular complexity index is 622. The van der Waals surface area contributed by atoms with Crippen molar-refractivity contribution in [1.82, 2.24) is 4.98 Å². The summed E-state index contributed by atoms with van der Waals surface area (Å²) in [7, 11) is 0. The summed E-state index contributed by atoms with van der Waals surface area (Å²) < 4.78 is 14.3. The summed E-state index contributed by atoms with van der Waals surface area (Å²) >= 11 is 3.30. The number of carbonyl (C=O) groups is 1. The first-order valence-electron chi connectivity index (χ1n) is 5.67. The molecule has 0 aromatic carbocycles. The summed E-state index contributed by atoms with van der Waals surface area (Å²) in [4.78, 5) is 20.0. The highest BCUT2D eigenvalue weighted by atomic mass is 79.9. The third-order valence-electron chi connectivity index (χ3n) is 3.13. The standard InChI is InChI=1S/C14H12BrFN2O/c1-4-8(7(2)17-3)13-12-9(10(15)6-18-13)5-11(16)14(12)19/h4,6,11H,1,3,5H2,2H3/b8-7+. The maximum atomic E-state index is 13.6. The lowest BCUT2D eigenvalue weighted by molar-refractivity contribution is 0.0898. The average Bonchev–Trinajstić information content (AvgIpc) is 2.70. The molecule has 0 saturated carbocycles. The second-order valence-electron chi connectivity index (χ2n) is 4.21. The van der Waals surface area contributed by atoms with Crippen LogP contribution in [0.25, 0.3) is 5.57 Å². The van der Waals surface area contributed by atoms with Crippen LogP contribution in [0, 0.1) is 0 Å². The van der Waals surface area contributed by atoms with Gasteiger partial charge in [-0.05, 0) is 35.1 Å². The van der Waals surface area contributed by atoms with Crippen LogP contribution < -0.4 is 0 Å². The number of hydrogen-bond acceptors (Lipinski definition) is 3. The molecule has 0 aliphatic heterocycles. The van der Waals surface area contributed by atoms with Gasteiger partial charge in [-0.25, -0.2) is 4.39 Å². The van der Waals surface area contributed by atoms with Crippen LogP contribution in [-0.2, 0) is 6.42 Å². The molecule has 1 aromatic rings. The largest absolute Gasteiger partial charge is 0.291 e. The van der Waals surface area contributed by atoms with Gasteiger partial charge in [-0.1, -0.05) is 12.7 Å². The zero-order valence-electron chi connectivity index (χ0n) is 10.4. The molecule has 19 heavy (non-hydrogen) atoms. The summed E-state index contributed by atoms with van der Waals surface area (Å²) in [6, 6.07) is 0. The molecule has 1 aromatic heterocycles. The molecule has 0 bridgehead atoms. The van der Waals surface area contributed by atoms with Gasteiger partial charge in [0, 0.05) is 28.4 Å². The van der Waals surface area contributed by atoms with Crippen molar-refractivity contribution in [1.29, 1.82) is 0 Å². The van der Waals surface area contributed by atoms with E-state index < -0.39 is 12.0 Å². The monoisotopic (exact) mass is 322 g/mol. The molecule has 98 valence electrons. The second-order valence-corrected chi connectivity index (χ2v) is 5.06. The van der Waals surface area contributed by atoms with E-state index in [0.29, 0.717) is 32.6 Å². The number of fused-ring (bicyclic) bond motifs is 1. The number of ketones is 1. The molecule has 2 rings (SSSR count). The van der Waals surface area contributed by atoms with E-state index in [1.54, 1.807) is 19.2 Å².